The molecule has 0 radical (unpaired) electrons. The van der Waals surface area contributed by atoms with E-state index in [-0.39, 0.29) is 24.1 Å². The molecule has 1 fully saturated rings. The minimum atomic E-state index is -0.244. The topological polar surface area (TPSA) is 44.8 Å². The standard InChI is InChI=1S/C19H34O4/c1-6-10-11-15(7-2)13-19(9-4)14-16(8-3)17(22-23-19)12-18(20)21-5/h10-11,15-17H,6-9,12-14H2,1-5H3/b11-10+/t15?,16-,17-,19+/m0/s1. The molecule has 134 valence electrons. The van der Waals surface area contributed by atoms with E-state index in [2.05, 4.69) is 39.8 Å². The van der Waals surface area contributed by atoms with E-state index in [0.717, 1.165) is 38.5 Å². The van der Waals surface area contributed by atoms with Crippen molar-refractivity contribution in [3.63, 3.8) is 0 Å². The molecule has 0 aromatic heterocycles. The Kier molecular flexibility index (Phi) is 8.85. The summed E-state index contributed by atoms with van der Waals surface area (Å²) in [6.07, 6.45) is 10.6. The Hall–Kier alpha value is -0.870. The van der Waals surface area contributed by atoms with E-state index in [4.69, 9.17) is 14.5 Å². The van der Waals surface area contributed by atoms with Crippen molar-refractivity contribution in [2.24, 2.45) is 11.8 Å². The van der Waals surface area contributed by atoms with Gasteiger partial charge in [0, 0.05) is 0 Å². The van der Waals surface area contributed by atoms with Gasteiger partial charge in [-0.05, 0) is 43.9 Å². The molecule has 23 heavy (non-hydrogen) atoms. The zero-order valence-electron chi connectivity index (χ0n) is 15.5. The lowest BCUT2D eigenvalue weighted by molar-refractivity contribution is -0.424. The maximum Gasteiger partial charge on any atom is 0.308 e. The van der Waals surface area contributed by atoms with Crippen LogP contribution in [0.2, 0.25) is 0 Å². The Morgan fingerprint density at radius 2 is 2.09 bits per heavy atom. The van der Waals surface area contributed by atoms with E-state index in [1.54, 1.807) is 0 Å². The zero-order valence-corrected chi connectivity index (χ0v) is 15.5. The van der Waals surface area contributed by atoms with Crippen LogP contribution < -0.4 is 0 Å². The SMILES string of the molecule is CC/C=C/C(CC)C[C@]1(CC)C[C@H](CC)[C@H](CC(=O)OC)OO1. The second kappa shape index (κ2) is 10.1. The van der Waals surface area contributed by atoms with Crippen molar-refractivity contribution in [2.75, 3.05) is 7.11 Å². The smallest absolute Gasteiger partial charge is 0.308 e. The second-order valence-electron chi connectivity index (χ2n) is 6.62. The first-order valence-electron chi connectivity index (χ1n) is 9.12. The van der Waals surface area contributed by atoms with Gasteiger partial charge >= 0.3 is 5.97 Å². The minimum Gasteiger partial charge on any atom is -0.469 e. The number of allylic oxidation sites excluding steroid dienone is 2. The number of hydrogen-bond acceptors (Lipinski definition) is 4. The van der Waals surface area contributed by atoms with Gasteiger partial charge in [0.05, 0.1) is 13.5 Å². The maximum absolute atomic E-state index is 11.5. The van der Waals surface area contributed by atoms with E-state index in [1.807, 2.05) is 0 Å². The van der Waals surface area contributed by atoms with Crippen molar-refractivity contribution in [1.29, 1.82) is 0 Å². The monoisotopic (exact) mass is 326 g/mol. The van der Waals surface area contributed by atoms with E-state index in [0.29, 0.717) is 11.8 Å². The summed E-state index contributed by atoms with van der Waals surface area (Å²) in [6.45, 7) is 8.68. The lowest BCUT2D eigenvalue weighted by atomic mass is 9.77. The first kappa shape index (κ1) is 20.2. The van der Waals surface area contributed by atoms with Crippen LogP contribution in [0.15, 0.2) is 12.2 Å². The number of rotatable bonds is 9. The number of hydrogen-bond donors (Lipinski definition) is 0. The third-order valence-corrected chi connectivity index (χ3v) is 5.08. The molecule has 0 saturated carbocycles. The summed E-state index contributed by atoms with van der Waals surface area (Å²) in [7, 11) is 1.41. The van der Waals surface area contributed by atoms with Crippen molar-refractivity contribution in [2.45, 2.75) is 84.3 Å². The molecule has 0 bridgehead atoms. The predicted octanol–water partition coefficient (Wildman–Crippen LogP) is 4.83. The lowest BCUT2D eigenvalue weighted by Crippen LogP contribution is -2.46. The van der Waals surface area contributed by atoms with E-state index in [9.17, 15) is 4.79 Å². The molecule has 0 spiro atoms. The fourth-order valence-corrected chi connectivity index (χ4v) is 3.36. The average Bonchev–Trinajstić information content (AvgIpc) is 2.59. The molecular weight excluding hydrogens is 292 g/mol. The van der Waals surface area contributed by atoms with Crippen LogP contribution in [0.25, 0.3) is 0 Å². The Bertz CT molecular complexity index is 380. The van der Waals surface area contributed by atoms with Crippen LogP contribution in [-0.4, -0.2) is 24.8 Å². The number of carbonyl (C=O) groups is 1. The van der Waals surface area contributed by atoms with Crippen LogP contribution in [0.1, 0.15) is 72.6 Å². The largest absolute Gasteiger partial charge is 0.469 e. The summed E-state index contributed by atoms with van der Waals surface area (Å²) in [5, 5.41) is 0. The van der Waals surface area contributed by atoms with E-state index < -0.39 is 0 Å². The molecule has 0 aromatic rings. The van der Waals surface area contributed by atoms with Crippen LogP contribution in [0, 0.1) is 11.8 Å². The molecule has 0 N–H and O–H groups in total. The number of carbonyl (C=O) groups excluding carboxylic acids is 1. The predicted molar refractivity (Wildman–Crippen MR) is 91.8 cm³/mol. The molecule has 1 aliphatic rings. The van der Waals surface area contributed by atoms with Gasteiger partial charge in [0.1, 0.15) is 11.7 Å². The quantitative estimate of drug-likeness (QED) is 0.346. The summed E-state index contributed by atoms with van der Waals surface area (Å²) >= 11 is 0. The van der Waals surface area contributed by atoms with Crippen LogP contribution in [0.4, 0.5) is 0 Å². The Morgan fingerprint density at radius 3 is 2.61 bits per heavy atom. The molecule has 1 aliphatic heterocycles. The second-order valence-corrected chi connectivity index (χ2v) is 6.62. The van der Waals surface area contributed by atoms with Crippen LogP contribution in [0.3, 0.4) is 0 Å². The fourth-order valence-electron chi connectivity index (χ4n) is 3.36. The van der Waals surface area contributed by atoms with Crippen molar-refractivity contribution in [1.82, 2.24) is 0 Å². The van der Waals surface area contributed by atoms with Gasteiger partial charge in [0.15, 0.2) is 0 Å². The highest BCUT2D eigenvalue weighted by molar-refractivity contribution is 5.69. The van der Waals surface area contributed by atoms with E-state index >= 15 is 0 Å². The molecule has 4 atom stereocenters. The third-order valence-electron chi connectivity index (χ3n) is 5.08. The normalized spacial score (nSPS) is 29.6. The molecule has 1 heterocycles. The van der Waals surface area contributed by atoms with E-state index in [1.165, 1.54) is 7.11 Å². The van der Waals surface area contributed by atoms with Gasteiger partial charge in [-0.15, -0.1) is 0 Å². The molecule has 0 aromatic carbocycles. The molecule has 0 aliphatic carbocycles. The summed E-state index contributed by atoms with van der Waals surface area (Å²) in [5.74, 6) is 0.599. The van der Waals surface area contributed by atoms with Gasteiger partial charge in [-0.1, -0.05) is 46.3 Å². The first-order chi connectivity index (χ1) is 11.0. The molecule has 0 amide bonds. The molecule has 4 nitrogen and oxygen atoms in total. The highest BCUT2D eigenvalue weighted by Gasteiger charge is 2.43. The Balaban J connectivity index is 2.77. The highest BCUT2D eigenvalue weighted by Crippen LogP contribution is 2.41. The Morgan fingerprint density at radius 1 is 1.35 bits per heavy atom. The van der Waals surface area contributed by atoms with Crippen molar-refractivity contribution in [3.8, 4) is 0 Å². The Labute approximate surface area is 141 Å². The minimum absolute atomic E-state index is 0.196. The van der Waals surface area contributed by atoms with Gasteiger partial charge in [-0.2, -0.15) is 0 Å². The van der Waals surface area contributed by atoms with Gasteiger partial charge in [0.25, 0.3) is 0 Å². The maximum atomic E-state index is 11.5. The average molecular weight is 326 g/mol. The molecular formula is C19H34O4. The summed E-state index contributed by atoms with van der Waals surface area (Å²) in [4.78, 5) is 23.1. The van der Waals surface area contributed by atoms with Crippen molar-refractivity contribution >= 4 is 5.97 Å². The van der Waals surface area contributed by atoms with Gasteiger partial charge in [-0.25, -0.2) is 9.78 Å². The number of esters is 1. The fraction of sp³-hybridized carbons (Fsp3) is 0.842. The summed E-state index contributed by atoms with van der Waals surface area (Å²) in [5.41, 5.74) is -0.244. The lowest BCUT2D eigenvalue weighted by Gasteiger charge is -2.43. The first-order valence-corrected chi connectivity index (χ1v) is 9.12. The zero-order chi connectivity index (χ0) is 17.3. The molecule has 4 heteroatoms. The highest BCUT2D eigenvalue weighted by atomic mass is 17.2. The number of ether oxygens (including phenoxy) is 1. The van der Waals surface area contributed by atoms with Crippen LogP contribution in [-0.2, 0) is 19.3 Å². The third kappa shape index (κ3) is 5.92. The van der Waals surface area contributed by atoms with Crippen molar-refractivity contribution < 1.29 is 19.3 Å². The van der Waals surface area contributed by atoms with Gasteiger partial charge in [0.2, 0.25) is 0 Å². The van der Waals surface area contributed by atoms with Gasteiger partial charge < -0.3 is 4.74 Å². The van der Waals surface area contributed by atoms with Gasteiger partial charge in [-0.3, -0.25) is 4.79 Å². The van der Waals surface area contributed by atoms with Crippen LogP contribution >= 0.6 is 0 Å². The summed E-state index contributed by atoms with van der Waals surface area (Å²) in [6, 6.07) is 0. The molecule has 1 unspecified atom stereocenters. The van der Waals surface area contributed by atoms with Crippen molar-refractivity contribution in [3.05, 3.63) is 12.2 Å². The molecule has 1 rings (SSSR count). The summed E-state index contributed by atoms with van der Waals surface area (Å²) < 4.78 is 4.77. The molecule has 1 saturated heterocycles. The van der Waals surface area contributed by atoms with Crippen LogP contribution in [0.5, 0.6) is 0 Å². The number of methoxy groups -OCH3 is 1.